The molecule has 21 heavy (non-hydrogen) atoms. The van der Waals surface area contributed by atoms with Gasteiger partial charge in [0.05, 0.1) is 16.5 Å². The summed E-state index contributed by atoms with van der Waals surface area (Å²) in [5.41, 5.74) is 0.121. The average Bonchev–Trinajstić information content (AvgIpc) is 2.43. The van der Waals surface area contributed by atoms with Crippen molar-refractivity contribution in [3.63, 3.8) is 0 Å². The van der Waals surface area contributed by atoms with Crippen molar-refractivity contribution < 1.29 is 13.6 Å². The lowest BCUT2D eigenvalue weighted by Gasteiger charge is -2.07. The zero-order valence-corrected chi connectivity index (χ0v) is 11.8. The van der Waals surface area contributed by atoms with Crippen molar-refractivity contribution in [2.45, 2.75) is 11.9 Å². The van der Waals surface area contributed by atoms with Gasteiger partial charge in [-0.15, -0.1) is 0 Å². The smallest absolute Gasteiger partial charge is 0.323 e. The molecule has 0 atom stereocenters. The zero-order chi connectivity index (χ0) is 15.4. The average molecular weight is 311 g/mol. The number of hydrogen-bond acceptors (Lipinski definition) is 4. The van der Waals surface area contributed by atoms with Gasteiger partial charge in [0.1, 0.15) is 11.6 Å². The number of anilines is 1. The summed E-state index contributed by atoms with van der Waals surface area (Å²) >= 11 is 1.09. The minimum atomic E-state index is -0.846. The van der Waals surface area contributed by atoms with Gasteiger partial charge in [-0.25, -0.2) is 18.6 Å². The minimum Gasteiger partial charge on any atom is -0.323 e. The number of aromatic amines is 1. The molecule has 0 saturated heterocycles. The molecule has 2 rings (SSSR count). The number of aromatic nitrogens is 2. The number of thioether (sulfide) groups is 1. The van der Waals surface area contributed by atoms with Crippen molar-refractivity contribution in [3.8, 4) is 0 Å². The lowest BCUT2D eigenvalue weighted by Crippen LogP contribution is -2.16. The van der Waals surface area contributed by atoms with E-state index < -0.39 is 23.2 Å². The maximum atomic E-state index is 13.4. The Bertz CT molecular complexity index is 734. The van der Waals surface area contributed by atoms with Crippen LogP contribution in [-0.4, -0.2) is 21.6 Å². The van der Waals surface area contributed by atoms with Crippen LogP contribution in [0.3, 0.4) is 0 Å². The van der Waals surface area contributed by atoms with Gasteiger partial charge in [0.25, 0.3) is 0 Å². The highest BCUT2D eigenvalue weighted by atomic mass is 32.2. The Kier molecular flexibility index (Phi) is 4.69. The number of amides is 1. The fraction of sp³-hybridized carbons (Fsp3) is 0.154. The third kappa shape index (κ3) is 4.12. The lowest BCUT2D eigenvalue weighted by atomic mass is 10.3. The van der Waals surface area contributed by atoms with Crippen LogP contribution in [0.15, 0.2) is 34.2 Å². The fourth-order valence-electron chi connectivity index (χ4n) is 1.51. The molecule has 1 aromatic heterocycles. The molecule has 0 bridgehead atoms. The van der Waals surface area contributed by atoms with Crippen LogP contribution in [0.2, 0.25) is 0 Å². The fourth-order valence-corrected chi connectivity index (χ4v) is 2.29. The van der Waals surface area contributed by atoms with Gasteiger partial charge in [-0.3, -0.25) is 4.79 Å². The van der Waals surface area contributed by atoms with Crippen molar-refractivity contribution in [3.05, 3.63) is 52.1 Å². The van der Waals surface area contributed by atoms with Gasteiger partial charge in [-0.2, -0.15) is 0 Å². The van der Waals surface area contributed by atoms with Gasteiger partial charge in [0.2, 0.25) is 5.91 Å². The maximum Gasteiger partial charge on any atom is 0.345 e. The van der Waals surface area contributed by atoms with Crippen LogP contribution in [0.1, 0.15) is 5.56 Å². The second-order valence-electron chi connectivity index (χ2n) is 4.16. The van der Waals surface area contributed by atoms with Crippen LogP contribution >= 0.6 is 11.8 Å². The third-order valence-corrected chi connectivity index (χ3v) is 3.63. The van der Waals surface area contributed by atoms with E-state index in [1.54, 1.807) is 6.92 Å². The molecule has 5 nitrogen and oxygen atoms in total. The highest BCUT2D eigenvalue weighted by Gasteiger charge is 2.10. The van der Waals surface area contributed by atoms with E-state index in [2.05, 4.69) is 15.3 Å². The molecule has 1 heterocycles. The molecule has 0 aliphatic rings. The summed E-state index contributed by atoms with van der Waals surface area (Å²) in [4.78, 5) is 28.9. The lowest BCUT2D eigenvalue weighted by molar-refractivity contribution is -0.113. The first-order valence-electron chi connectivity index (χ1n) is 5.89. The van der Waals surface area contributed by atoms with Crippen molar-refractivity contribution in [1.82, 2.24) is 9.97 Å². The molecule has 8 heteroatoms. The van der Waals surface area contributed by atoms with E-state index in [0.717, 1.165) is 29.5 Å². The summed E-state index contributed by atoms with van der Waals surface area (Å²) < 4.78 is 26.1. The topological polar surface area (TPSA) is 74.8 Å². The molecule has 1 amide bonds. The normalized spacial score (nSPS) is 10.4. The van der Waals surface area contributed by atoms with Crippen LogP contribution in [0.25, 0.3) is 0 Å². The van der Waals surface area contributed by atoms with E-state index >= 15 is 0 Å². The molecule has 0 aliphatic heterocycles. The quantitative estimate of drug-likeness (QED) is 0.670. The van der Waals surface area contributed by atoms with E-state index in [1.807, 2.05) is 0 Å². The van der Waals surface area contributed by atoms with E-state index in [-0.39, 0.29) is 11.4 Å². The molecule has 2 aromatic rings. The Hall–Kier alpha value is -2.22. The molecule has 110 valence electrons. The summed E-state index contributed by atoms with van der Waals surface area (Å²) in [7, 11) is 0. The number of H-pyrrole nitrogens is 1. The number of carbonyl (C=O) groups excluding carboxylic acids is 1. The second-order valence-corrected chi connectivity index (χ2v) is 5.15. The molecular formula is C13H11F2N3O2S. The molecule has 0 saturated carbocycles. The summed E-state index contributed by atoms with van der Waals surface area (Å²) in [6, 6.07) is 2.89. The molecule has 0 fully saturated rings. The number of aryl methyl sites for hydroxylation is 1. The van der Waals surface area contributed by atoms with Crippen LogP contribution in [0.5, 0.6) is 0 Å². The first-order valence-corrected chi connectivity index (χ1v) is 6.88. The number of hydrogen-bond donors (Lipinski definition) is 2. The molecule has 0 spiro atoms. The molecule has 0 aliphatic carbocycles. The second kappa shape index (κ2) is 6.49. The summed E-state index contributed by atoms with van der Waals surface area (Å²) in [6.07, 6.45) is 1.40. The summed E-state index contributed by atoms with van der Waals surface area (Å²) in [6.45, 7) is 1.74. The Labute approximate surface area is 122 Å². The van der Waals surface area contributed by atoms with Crippen molar-refractivity contribution in [2.24, 2.45) is 0 Å². The van der Waals surface area contributed by atoms with Crippen LogP contribution in [-0.2, 0) is 4.79 Å². The molecule has 2 N–H and O–H groups in total. The van der Waals surface area contributed by atoms with Gasteiger partial charge in [-0.05, 0) is 24.6 Å². The number of nitrogens with one attached hydrogen (secondary N) is 2. The molecule has 0 unspecified atom stereocenters. The van der Waals surface area contributed by atoms with Crippen LogP contribution in [0, 0.1) is 18.6 Å². The van der Waals surface area contributed by atoms with E-state index in [9.17, 15) is 18.4 Å². The summed E-state index contributed by atoms with van der Waals surface area (Å²) in [5, 5.41) is 2.85. The SMILES string of the molecule is Cc1cnc(=O)[nH]c1SCC(=O)Nc1ccc(F)cc1F. The Morgan fingerprint density at radius 2 is 2.19 bits per heavy atom. The minimum absolute atomic E-state index is 0.0301. The maximum absolute atomic E-state index is 13.4. The third-order valence-electron chi connectivity index (χ3n) is 2.51. The predicted octanol–water partition coefficient (Wildman–Crippen LogP) is 2.09. The van der Waals surface area contributed by atoms with Gasteiger partial charge in [0.15, 0.2) is 0 Å². The first-order chi connectivity index (χ1) is 9.95. The molecular weight excluding hydrogens is 300 g/mol. The van der Waals surface area contributed by atoms with Gasteiger partial charge in [-0.1, -0.05) is 11.8 Å². The number of rotatable bonds is 4. The molecule has 1 aromatic carbocycles. The van der Waals surface area contributed by atoms with E-state index in [1.165, 1.54) is 6.20 Å². The predicted molar refractivity (Wildman–Crippen MR) is 75.3 cm³/mol. The zero-order valence-electron chi connectivity index (χ0n) is 10.9. The van der Waals surface area contributed by atoms with Crippen molar-refractivity contribution in [2.75, 3.05) is 11.1 Å². The first kappa shape index (κ1) is 15.2. The van der Waals surface area contributed by atoms with Crippen LogP contribution < -0.4 is 11.0 Å². The van der Waals surface area contributed by atoms with E-state index in [0.29, 0.717) is 11.1 Å². The van der Waals surface area contributed by atoms with Crippen molar-refractivity contribution in [1.29, 1.82) is 0 Å². The number of halogens is 2. The highest BCUT2D eigenvalue weighted by Crippen LogP contribution is 2.19. The van der Waals surface area contributed by atoms with Crippen LogP contribution in [0.4, 0.5) is 14.5 Å². The standard InChI is InChI=1S/C13H11F2N3O2S/c1-7-5-16-13(20)18-12(7)21-6-11(19)17-10-3-2-8(14)4-9(10)15/h2-5H,6H2,1H3,(H,17,19)(H,16,18,20). The largest absolute Gasteiger partial charge is 0.345 e. The highest BCUT2D eigenvalue weighted by molar-refractivity contribution is 8.00. The Morgan fingerprint density at radius 3 is 2.90 bits per heavy atom. The van der Waals surface area contributed by atoms with Gasteiger partial charge >= 0.3 is 5.69 Å². The molecule has 0 radical (unpaired) electrons. The van der Waals surface area contributed by atoms with Crippen molar-refractivity contribution >= 4 is 23.4 Å². The Morgan fingerprint density at radius 1 is 1.43 bits per heavy atom. The number of benzene rings is 1. The Balaban J connectivity index is 1.99. The van der Waals surface area contributed by atoms with Gasteiger partial charge < -0.3 is 10.3 Å². The number of nitrogens with zero attached hydrogens (tertiary/aromatic N) is 1. The monoisotopic (exact) mass is 311 g/mol. The number of carbonyl (C=O) groups is 1. The summed E-state index contributed by atoms with van der Waals surface area (Å²) in [5.74, 6) is -2.06. The van der Waals surface area contributed by atoms with E-state index in [4.69, 9.17) is 0 Å². The van der Waals surface area contributed by atoms with Gasteiger partial charge in [0, 0.05) is 12.3 Å².